The van der Waals surface area contributed by atoms with E-state index in [0.717, 1.165) is 10.1 Å². The minimum absolute atomic E-state index is 0.00759. The second-order valence-corrected chi connectivity index (χ2v) is 7.19. The molecule has 0 N–H and O–H groups in total. The van der Waals surface area contributed by atoms with Crippen LogP contribution in [-0.4, -0.2) is 16.6 Å². The van der Waals surface area contributed by atoms with Gasteiger partial charge in [0, 0.05) is 34.0 Å². The Morgan fingerprint density at radius 2 is 1.36 bits per heavy atom. The number of hydrogen-bond acceptors (Lipinski definition) is 4. The van der Waals surface area contributed by atoms with Gasteiger partial charge < -0.3 is 5.21 Å². The third kappa shape index (κ3) is 7.62. The highest BCUT2D eigenvalue weighted by Gasteiger charge is 2.10. The van der Waals surface area contributed by atoms with Crippen molar-refractivity contribution in [2.45, 2.75) is 20.3 Å². The summed E-state index contributed by atoms with van der Waals surface area (Å²) in [4.78, 5) is 26.0. The van der Waals surface area contributed by atoms with Crippen molar-refractivity contribution in [3.63, 3.8) is 0 Å². The molecule has 0 aliphatic carbocycles. The summed E-state index contributed by atoms with van der Waals surface area (Å²) in [5.74, 6) is -0.0481. The van der Waals surface area contributed by atoms with Gasteiger partial charge in [0.2, 0.25) is 5.52 Å². The van der Waals surface area contributed by atoms with Crippen LogP contribution in [0.1, 0.15) is 46.7 Å². The van der Waals surface area contributed by atoms with E-state index < -0.39 is 18.6 Å². The molecule has 2 heterocycles. The monoisotopic (exact) mass is 508 g/mol. The van der Waals surface area contributed by atoms with E-state index in [1.54, 1.807) is 48.5 Å². The Labute approximate surface area is 200 Å². The molecule has 0 fully saturated rings. The number of aromatic nitrogens is 2. The van der Waals surface area contributed by atoms with Crippen molar-refractivity contribution in [3.05, 3.63) is 101 Å². The molecule has 2 aromatic carbocycles. The van der Waals surface area contributed by atoms with E-state index in [1.807, 2.05) is 6.07 Å². The van der Waals surface area contributed by atoms with Gasteiger partial charge in [-0.1, -0.05) is 6.07 Å². The fraction of sp³-hybridized carbons (Fsp3) is 0.120. The van der Waals surface area contributed by atoms with Gasteiger partial charge in [-0.05, 0) is 56.3 Å². The smallest absolute Gasteiger partial charge is 0.334 e. The molecule has 4 aromatic rings. The number of Topliss-reactive ketones (excluding diaryl/α,β-unsaturated/α-hetero) is 2. The summed E-state index contributed by atoms with van der Waals surface area (Å²) >= 11 is 0. The van der Waals surface area contributed by atoms with Gasteiger partial charge in [-0.3, -0.25) is 9.59 Å². The van der Waals surface area contributed by atoms with Crippen LogP contribution in [0.15, 0.2) is 79.0 Å². The molecule has 4 rings (SSSR count). The molecule has 36 heavy (non-hydrogen) atoms. The molecule has 2 aromatic heterocycles. The van der Waals surface area contributed by atoms with E-state index in [2.05, 4.69) is 4.98 Å². The minimum Gasteiger partial charge on any atom is -0.618 e. The first-order chi connectivity index (χ1) is 16.9. The SMILES string of the molecule is CC(=O)c1ccc2c(ccc[n+]2[O-])c1.CC(=O)c1ccc2nc(C(F)F)ccc2c1.FC(F)=C(F)F. The molecular weight excluding hydrogens is 490 g/mol. The topological polar surface area (TPSA) is 74.0 Å². The van der Waals surface area contributed by atoms with Gasteiger partial charge >= 0.3 is 12.2 Å². The number of benzene rings is 2. The zero-order valence-electron chi connectivity index (χ0n) is 18.8. The Morgan fingerprint density at radius 1 is 0.806 bits per heavy atom. The number of halogens is 6. The number of hydrogen-bond donors (Lipinski definition) is 0. The Kier molecular flexibility index (Phi) is 9.66. The van der Waals surface area contributed by atoms with Crippen LogP contribution in [0.5, 0.6) is 0 Å². The first kappa shape index (κ1) is 28.0. The molecule has 0 atom stereocenters. The van der Waals surface area contributed by atoms with Crippen molar-refractivity contribution in [2.24, 2.45) is 0 Å². The first-order valence-corrected chi connectivity index (χ1v) is 10.1. The number of ketones is 2. The predicted molar refractivity (Wildman–Crippen MR) is 121 cm³/mol. The molecule has 0 amide bonds. The van der Waals surface area contributed by atoms with Crippen molar-refractivity contribution in [2.75, 3.05) is 0 Å². The Hall–Kier alpha value is -4.28. The number of nitrogens with zero attached hydrogens (tertiary/aromatic N) is 2. The minimum atomic E-state index is -2.91. The van der Waals surface area contributed by atoms with Crippen LogP contribution in [0.25, 0.3) is 21.8 Å². The second-order valence-electron chi connectivity index (χ2n) is 7.19. The van der Waals surface area contributed by atoms with E-state index in [4.69, 9.17) is 0 Å². The summed E-state index contributed by atoms with van der Waals surface area (Å²) in [6, 6.07) is 16.2. The van der Waals surface area contributed by atoms with Crippen LogP contribution in [-0.2, 0) is 0 Å². The van der Waals surface area contributed by atoms with Gasteiger partial charge in [0.05, 0.1) is 5.52 Å². The normalized spacial score (nSPS) is 10.2. The van der Waals surface area contributed by atoms with Crippen molar-refractivity contribution >= 4 is 33.4 Å². The predicted octanol–water partition coefficient (Wildman–Crippen LogP) is 7.04. The average Bonchev–Trinajstić information content (AvgIpc) is 2.84. The molecule has 0 saturated heterocycles. The first-order valence-electron chi connectivity index (χ1n) is 10.1. The number of rotatable bonds is 3. The lowest BCUT2D eigenvalue weighted by Gasteiger charge is -2.03. The van der Waals surface area contributed by atoms with Crippen LogP contribution in [0.3, 0.4) is 0 Å². The zero-order valence-corrected chi connectivity index (χ0v) is 18.8. The van der Waals surface area contributed by atoms with Crippen LogP contribution in [0.2, 0.25) is 0 Å². The fourth-order valence-corrected chi connectivity index (χ4v) is 2.89. The maximum absolute atomic E-state index is 12.4. The number of fused-ring (bicyclic) bond motifs is 2. The lowest BCUT2D eigenvalue weighted by molar-refractivity contribution is -0.577. The summed E-state index contributed by atoms with van der Waals surface area (Å²) < 4.78 is 66.7. The van der Waals surface area contributed by atoms with Crippen molar-refractivity contribution < 1.29 is 40.7 Å². The molecule has 11 heteroatoms. The molecule has 0 radical (unpaired) electrons. The van der Waals surface area contributed by atoms with Gasteiger partial charge in [0.1, 0.15) is 5.69 Å². The largest absolute Gasteiger partial charge is 0.618 e. The Morgan fingerprint density at radius 3 is 1.89 bits per heavy atom. The summed E-state index contributed by atoms with van der Waals surface area (Å²) in [7, 11) is 0. The maximum Gasteiger partial charge on any atom is 0.334 e. The summed E-state index contributed by atoms with van der Waals surface area (Å²) in [6.45, 7) is 2.97. The van der Waals surface area contributed by atoms with Gasteiger partial charge in [-0.25, -0.2) is 13.8 Å². The maximum atomic E-state index is 12.4. The average molecular weight is 508 g/mol. The third-order valence-electron chi connectivity index (χ3n) is 4.65. The van der Waals surface area contributed by atoms with Crippen molar-refractivity contribution in [3.8, 4) is 0 Å². The quantitative estimate of drug-likeness (QED) is 0.129. The van der Waals surface area contributed by atoms with Gasteiger partial charge in [-0.2, -0.15) is 22.3 Å². The molecule has 0 spiro atoms. The van der Waals surface area contributed by atoms with E-state index >= 15 is 0 Å². The number of carbonyl (C=O) groups excluding carboxylic acids is 2. The second kappa shape index (κ2) is 12.4. The van der Waals surface area contributed by atoms with Gasteiger partial charge in [-0.15, -0.1) is 0 Å². The molecule has 5 nitrogen and oxygen atoms in total. The third-order valence-corrected chi connectivity index (χ3v) is 4.65. The molecule has 0 unspecified atom stereocenters. The lowest BCUT2D eigenvalue weighted by atomic mass is 10.1. The van der Waals surface area contributed by atoms with Gasteiger partial charge in [0.25, 0.3) is 6.43 Å². The van der Waals surface area contributed by atoms with Crippen LogP contribution < -0.4 is 4.73 Å². The van der Waals surface area contributed by atoms with E-state index in [-0.39, 0.29) is 17.3 Å². The number of carbonyl (C=O) groups is 2. The standard InChI is InChI=1S/C12H9F2NO.C11H9NO2.C2F4/c1-7(16)8-2-4-10-9(6-8)3-5-11(15-10)12(13)14;1-8(13)9-4-5-11-10(7-9)3-2-6-12(11)14;3-1(4)2(5)6/h2-6,12H,1H3;2-7H,1H3;. The molecule has 0 saturated carbocycles. The van der Waals surface area contributed by atoms with Gasteiger partial charge in [0.15, 0.2) is 17.8 Å². The van der Waals surface area contributed by atoms with E-state index in [0.29, 0.717) is 27.5 Å². The molecule has 0 aliphatic rings. The van der Waals surface area contributed by atoms with Crippen LogP contribution >= 0.6 is 0 Å². The zero-order chi connectivity index (χ0) is 27.0. The Balaban J connectivity index is 0.000000209. The highest BCUT2D eigenvalue weighted by molar-refractivity contribution is 5.98. The summed E-state index contributed by atoms with van der Waals surface area (Å²) in [5, 5.41) is 12.8. The van der Waals surface area contributed by atoms with Crippen molar-refractivity contribution in [1.29, 1.82) is 0 Å². The lowest BCUT2D eigenvalue weighted by Crippen LogP contribution is -2.25. The fourth-order valence-electron chi connectivity index (χ4n) is 2.89. The van der Waals surface area contributed by atoms with Crippen LogP contribution in [0, 0.1) is 5.21 Å². The summed E-state index contributed by atoms with van der Waals surface area (Å²) in [6.07, 6.45) is -6.95. The molecular formula is C25H18F6N2O3. The van der Waals surface area contributed by atoms with Crippen molar-refractivity contribution in [1.82, 2.24) is 4.98 Å². The molecule has 0 bridgehead atoms. The Bertz CT molecular complexity index is 1420. The molecule has 188 valence electrons. The molecule has 0 aliphatic heterocycles. The number of pyridine rings is 2. The van der Waals surface area contributed by atoms with Crippen LogP contribution in [0.4, 0.5) is 26.3 Å². The highest BCUT2D eigenvalue weighted by Crippen LogP contribution is 2.21. The summed E-state index contributed by atoms with van der Waals surface area (Å²) in [5.41, 5.74) is 1.99. The van der Waals surface area contributed by atoms with E-state index in [9.17, 15) is 41.1 Å². The number of alkyl halides is 2. The van der Waals surface area contributed by atoms with E-state index in [1.165, 1.54) is 26.1 Å². The highest BCUT2D eigenvalue weighted by atomic mass is 19.3.